The molecule has 0 saturated carbocycles. The summed E-state index contributed by atoms with van der Waals surface area (Å²) in [7, 11) is 0. The zero-order chi connectivity index (χ0) is 17.0. The maximum absolute atomic E-state index is 12.5. The van der Waals surface area contributed by atoms with Crippen LogP contribution in [0.15, 0.2) is 12.3 Å². The average molecular weight is 351 g/mol. The zero-order valence-corrected chi connectivity index (χ0v) is 13.4. The fourth-order valence-corrected chi connectivity index (χ4v) is 2.57. The summed E-state index contributed by atoms with van der Waals surface area (Å²) in [4.78, 5) is 18.9. The lowest BCUT2D eigenvalue weighted by Crippen LogP contribution is -2.49. The first-order valence-corrected chi connectivity index (χ1v) is 7.59. The molecule has 1 N–H and O–H groups in total. The monoisotopic (exact) mass is 350 g/mol. The van der Waals surface area contributed by atoms with Crippen molar-refractivity contribution in [3.63, 3.8) is 0 Å². The summed E-state index contributed by atoms with van der Waals surface area (Å²) in [5.74, 6) is 0.311. The molecule has 128 valence electrons. The van der Waals surface area contributed by atoms with Gasteiger partial charge in [0.1, 0.15) is 5.82 Å². The highest BCUT2D eigenvalue weighted by Gasteiger charge is 2.31. The molecule has 0 atom stereocenters. The summed E-state index contributed by atoms with van der Waals surface area (Å²) in [5.41, 5.74) is -0.867. The Bertz CT molecular complexity index is 559. The van der Waals surface area contributed by atoms with E-state index < -0.39 is 11.7 Å². The molecule has 1 fully saturated rings. The molecule has 23 heavy (non-hydrogen) atoms. The standard InChI is InChI=1S/C14H18ClF3N4O/c1-10(23)22-6-4-21(5-7-22)3-2-19-13-12(15)8-11(9-20-13)14(16,17)18/h8-9H,2-7H2,1H3,(H,19,20). The second kappa shape index (κ2) is 7.35. The van der Waals surface area contributed by atoms with Crippen molar-refractivity contribution in [2.75, 3.05) is 44.6 Å². The van der Waals surface area contributed by atoms with Crippen LogP contribution in [-0.4, -0.2) is 60.0 Å². The molecule has 0 aliphatic carbocycles. The van der Waals surface area contributed by atoms with Gasteiger partial charge in [-0.15, -0.1) is 0 Å². The van der Waals surface area contributed by atoms with Gasteiger partial charge in [0.2, 0.25) is 5.91 Å². The maximum atomic E-state index is 12.5. The molecule has 0 bridgehead atoms. The molecule has 2 rings (SSSR count). The second-order valence-electron chi connectivity index (χ2n) is 5.33. The van der Waals surface area contributed by atoms with E-state index in [0.717, 1.165) is 25.4 Å². The molecular formula is C14H18ClF3N4O. The van der Waals surface area contributed by atoms with Crippen LogP contribution >= 0.6 is 11.6 Å². The van der Waals surface area contributed by atoms with Gasteiger partial charge >= 0.3 is 6.18 Å². The lowest BCUT2D eigenvalue weighted by Gasteiger charge is -2.34. The van der Waals surface area contributed by atoms with Gasteiger partial charge in [-0.3, -0.25) is 9.69 Å². The van der Waals surface area contributed by atoms with Crippen molar-refractivity contribution in [2.45, 2.75) is 13.1 Å². The lowest BCUT2D eigenvalue weighted by atomic mass is 10.2. The molecule has 1 amide bonds. The van der Waals surface area contributed by atoms with E-state index in [1.807, 2.05) is 0 Å². The number of amides is 1. The van der Waals surface area contributed by atoms with Gasteiger partial charge in [-0.05, 0) is 6.07 Å². The minimum absolute atomic E-state index is 0.0544. The van der Waals surface area contributed by atoms with Crippen LogP contribution in [-0.2, 0) is 11.0 Å². The van der Waals surface area contributed by atoms with Crippen molar-refractivity contribution in [1.82, 2.24) is 14.8 Å². The normalized spacial score (nSPS) is 16.5. The third-order valence-electron chi connectivity index (χ3n) is 3.71. The molecule has 9 heteroatoms. The van der Waals surface area contributed by atoms with Crippen LogP contribution in [0.2, 0.25) is 5.02 Å². The van der Waals surface area contributed by atoms with Crippen molar-refractivity contribution >= 4 is 23.3 Å². The summed E-state index contributed by atoms with van der Waals surface area (Å²) in [6.07, 6.45) is -3.69. The van der Waals surface area contributed by atoms with E-state index in [9.17, 15) is 18.0 Å². The number of piperazine rings is 1. The molecule has 0 radical (unpaired) electrons. The number of pyridine rings is 1. The van der Waals surface area contributed by atoms with Crippen molar-refractivity contribution in [3.05, 3.63) is 22.8 Å². The molecule has 2 heterocycles. The number of hydrogen-bond donors (Lipinski definition) is 1. The largest absolute Gasteiger partial charge is 0.417 e. The van der Waals surface area contributed by atoms with Crippen LogP contribution in [0.5, 0.6) is 0 Å². The van der Waals surface area contributed by atoms with Gasteiger partial charge in [-0.25, -0.2) is 4.98 Å². The highest BCUT2D eigenvalue weighted by atomic mass is 35.5. The van der Waals surface area contributed by atoms with E-state index >= 15 is 0 Å². The van der Waals surface area contributed by atoms with Crippen molar-refractivity contribution < 1.29 is 18.0 Å². The van der Waals surface area contributed by atoms with Gasteiger partial charge in [-0.1, -0.05) is 11.6 Å². The number of carbonyl (C=O) groups is 1. The Balaban J connectivity index is 1.80. The molecule has 1 aliphatic heterocycles. The van der Waals surface area contributed by atoms with E-state index in [0.29, 0.717) is 26.2 Å². The minimum Gasteiger partial charge on any atom is -0.368 e. The van der Waals surface area contributed by atoms with Crippen molar-refractivity contribution in [3.8, 4) is 0 Å². The van der Waals surface area contributed by atoms with E-state index in [1.54, 1.807) is 11.8 Å². The van der Waals surface area contributed by atoms with Gasteiger partial charge in [0, 0.05) is 52.4 Å². The Hall–Kier alpha value is -1.54. The number of nitrogens with one attached hydrogen (secondary N) is 1. The van der Waals surface area contributed by atoms with Crippen LogP contribution in [0.25, 0.3) is 0 Å². The molecule has 5 nitrogen and oxygen atoms in total. The quantitative estimate of drug-likeness (QED) is 0.905. The number of rotatable bonds is 4. The molecule has 1 aromatic rings. The zero-order valence-electron chi connectivity index (χ0n) is 12.7. The van der Waals surface area contributed by atoms with Crippen LogP contribution in [0.3, 0.4) is 0 Å². The first-order valence-electron chi connectivity index (χ1n) is 7.22. The van der Waals surface area contributed by atoms with E-state index in [4.69, 9.17) is 11.6 Å². The van der Waals surface area contributed by atoms with Crippen molar-refractivity contribution in [2.24, 2.45) is 0 Å². The smallest absolute Gasteiger partial charge is 0.368 e. The van der Waals surface area contributed by atoms with Crippen molar-refractivity contribution in [1.29, 1.82) is 0 Å². The maximum Gasteiger partial charge on any atom is 0.417 e. The summed E-state index contributed by atoms with van der Waals surface area (Å²) in [5, 5.41) is 2.89. The van der Waals surface area contributed by atoms with Crippen LogP contribution in [0, 0.1) is 0 Å². The molecule has 0 aromatic carbocycles. The highest BCUT2D eigenvalue weighted by Crippen LogP contribution is 2.32. The summed E-state index contributed by atoms with van der Waals surface area (Å²) < 4.78 is 37.6. The Labute approximate surface area is 137 Å². The number of aromatic nitrogens is 1. The van der Waals surface area contributed by atoms with Crippen LogP contribution in [0.1, 0.15) is 12.5 Å². The molecular weight excluding hydrogens is 333 g/mol. The number of anilines is 1. The van der Waals surface area contributed by atoms with Gasteiger partial charge in [0.25, 0.3) is 0 Å². The highest BCUT2D eigenvalue weighted by molar-refractivity contribution is 6.32. The number of carbonyl (C=O) groups excluding carboxylic acids is 1. The first kappa shape index (κ1) is 17.8. The molecule has 0 unspecified atom stereocenters. The Morgan fingerprint density at radius 3 is 2.52 bits per heavy atom. The Morgan fingerprint density at radius 2 is 2.00 bits per heavy atom. The summed E-state index contributed by atoms with van der Waals surface area (Å²) in [6, 6.07) is 0.864. The van der Waals surface area contributed by atoms with Crippen LogP contribution in [0.4, 0.5) is 19.0 Å². The van der Waals surface area contributed by atoms with Crippen LogP contribution < -0.4 is 5.32 Å². The molecule has 0 spiro atoms. The second-order valence-corrected chi connectivity index (χ2v) is 5.73. The summed E-state index contributed by atoms with van der Waals surface area (Å²) >= 11 is 5.83. The lowest BCUT2D eigenvalue weighted by molar-refractivity contribution is -0.137. The van der Waals surface area contributed by atoms with E-state index in [-0.39, 0.29) is 16.7 Å². The minimum atomic E-state index is -4.45. The molecule has 1 aliphatic rings. The molecule has 1 aromatic heterocycles. The van der Waals surface area contributed by atoms with Gasteiger partial charge in [-0.2, -0.15) is 13.2 Å². The first-order chi connectivity index (χ1) is 10.8. The fourth-order valence-electron chi connectivity index (χ4n) is 2.34. The van der Waals surface area contributed by atoms with Gasteiger partial charge in [0.15, 0.2) is 0 Å². The van der Waals surface area contributed by atoms with Gasteiger partial charge < -0.3 is 10.2 Å². The number of hydrogen-bond acceptors (Lipinski definition) is 4. The molecule has 1 saturated heterocycles. The van der Waals surface area contributed by atoms with Gasteiger partial charge in [0.05, 0.1) is 10.6 Å². The third kappa shape index (κ3) is 4.97. The van der Waals surface area contributed by atoms with E-state index in [1.165, 1.54) is 0 Å². The summed E-state index contributed by atoms with van der Waals surface area (Å²) in [6.45, 7) is 5.69. The predicted molar refractivity (Wildman–Crippen MR) is 81.4 cm³/mol. The fraction of sp³-hybridized carbons (Fsp3) is 0.571. The average Bonchev–Trinajstić information content (AvgIpc) is 2.48. The number of alkyl halides is 3. The SMILES string of the molecule is CC(=O)N1CCN(CCNc2ncc(C(F)(F)F)cc2Cl)CC1. The topological polar surface area (TPSA) is 48.5 Å². The Kier molecular flexibility index (Phi) is 5.69. The third-order valence-corrected chi connectivity index (χ3v) is 3.99. The number of nitrogens with zero attached hydrogens (tertiary/aromatic N) is 3. The Morgan fingerprint density at radius 1 is 1.35 bits per heavy atom. The number of halogens is 4. The predicted octanol–water partition coefficient (Wildman–Crippen LogP) is 2.33. The van der Waals surface area contributed by atoms with E-state index in [2.05, 4.69) is 15.2 Å².